The van der Waals surface area contributed by atoms with Crippen molar-refractivity contribution >= 4 is 33.3 Å². The van der Waals surface area contributed by atoms with Crippen LogP contribution in [0.2, 0.25) is 5.02 Å². The van der Waals surface area contributed by atoms with E-state index in [-0.39, 0.29) is 27.8 Å². The number of benzene rings is 1. The molecule has 1 heterocycles. The van der Waals surface area contributed by atoms with E-state index in [2.05, 4.69) is 4.72 Å². The summed E-state index contributed by atoms with van der Waals surface area (Å²) in [5.74, 6) is -1.65. The Morgan fingerprint density at radius 3 is 2.52 bits per heavy atom. The molecule has 10 heteroatoms. The minimum atomic E-state index is -3.94. The van der Waals surface area contributed by atoms with Gasteiger partial charge in [-0.1, -0.05) is 11.6 Å². The van der Waals surface area contributed by atoms with Gasteiger partial charge >= 0.3 is 5.97 Å². The Kier molecular flexibility index (Phi) is 6.15. The van der Waals surface area contributed by atoms with E-state index < -0.39 is 21.6 Å². The average molecular weight is 394 g/mol. The number of carbonyl (C=O) groups is 1. The maximum Gasteiger partial charge on any atom is 0.339 e. The van der Waals surface area contributed by atoms with Crippen molar-refractivity contribution in [3.05, 3.63) is 22.7 Å². The third kappa shape index (κ3) is 4.55. The largest absolute Gasteiger partial charge is 0.495 e. The van der Waals surface area contributed by atoms with Crippen LogP contribution in [0.3, 0.4) is 0 Å². The number of hydrogen-bond donors (Lipinski definition) is 2. The molecule has 1 aromatic carbocycles. The number of methoxy groups -OCH3 is 2. The second-order valence-corrected chi connectivity index (χ2v) is 7.79. The normalized spacial score (nSPS) is 17.1. The Bertz CT molecular complexity index is 744. The van der Waals surface area contributed by atoms with Crippen LogP contribution in [0.25, 0.3) is 0 Å². The number of sulfonamides is 1. The van der Waals surface area contributed by atoms with Crippen molar-refractivity contribution in [1.29, 1.82) is 0 Å². The second-order valence-electron chi connectivity index (χ2n) is 5.67. The summed E-state index contributed by atoms with van der Waals surface area (Å²) in [6.45, 7) is 0.786. The Morgan fingerprint density at radius 1 is 1.36 bits per heavy atom. The summed E-state index contributed by atoms with van der Waals surface area (Å²) in [7, 11) is -1.19. The maximum absolute atomic E-state index is 12.7. The Labute approximate surface area is 151 Å². The van der Waals surface area contributed by atoms with Gasteiger partial charge in [-0.05, 0) is 12.1 Å². The van der Waals surface area contributed by atoms with Gasteiger partial charge < -0.3 is 19.3 Å². The molecule has 1 aliphatic rings. The number of carboxylic acid groups (broad SMARTS) is 1. The highest BCUT2D eigenvalue weighted by Crippen LogP contribution is 2.35. The summed E-state index contributed by atoms with van der Waals surface area (Å²) in [4.78, 5) is 11.5. The molecular weight excluding hydrogens is 374 g/mol. The van der Waals surface area contributed by atoms with Crippen LogP contribution in [-0.4, -0.2) is 58.3 Å². The molecule has 140 valence electrons. The van der Waals surface area contributed by atoms with Crippen LogP contribution in [-0.2, 0) is 19.5 Å². The number of ether oxygens (including phenoxy) is 3. The van der Waals surface area contributed by atoms with E-state index in [9.17, 15) is 18.3 Å². The molecule has 0 aliphatic carbocycles. The summed E-state index contributed by atoms with van der Waals surface area (Å²) < 4.78 is 43.4. The van der Waals surface area contributed by atoms with Crippen molar-refractivity contribution in [2.24, 2.45) is 0 Å². The average Bonchev–Trinajstić information content (AvgIpc) is 2.54. The number of hydrogen-bond acceptors (Lipinski definition) is 6. The zero-order valence-corrected chi connectivity index (χ0v) is 15.4. The van der Waals surface area contributed by atoms with Gasteiger partial charge in [0.05, 0.1) is 23.5 Å². The van der Waals surface area contributed by atoms with Gasteiger partial charge in [0, 0.05) is 33.2 Å². The van der Waals surface area contributed by atoms with Gasteiger partial charge in [0.15, 0.2) is 0 Å². The summed E-state index contributed by atoms with van der Waals surface area (Å²) in [5, 5.41) is 9.27. The smallest absolute Gasteiger partial charge is 0.339 e. The molecule has 1 aromatic rings. The molecule has 2 rings (SSSR count). The van der Waals surface area contributed by atoms with E-state index in [1.807, 2.05) is 0 Å². The van der Waals surface area contributed by atoms with Gasteiger partial charge in [-0.3, -0.25) is 4.72 Å². The van der Waals surface area contributed by atoms with Gasteiger partial charge in [-0.2, -0.15) is 0 Å². The summed E-state index contributed by atoms with van der Waals surface area (Å²) in [5.41, 5.74) is -1.47. The summed E-state index contributed by atoms with van der Waals surface area (Å²) in [6, 6.07) is 2.73. The predicted molar refractivity (Wildman–Crippen MR) is 92.2 cm³/mol. The molecule has 0 amide bonds. The predicted octanol–water partition coefficient (Wildman–Crippen LogP) is 1.98. The molecule has 0 bridgehead atoms. The van der Waals surface area contributed by atoms with Crippen molar-refractivity contribution in [3.63, 3.8) is 0 Å². The fourth-order valence-corrected chi connectivity index (χ4v) is 4.65. The number of rotatable bonds is 7. The second kappa shape index (κ2) is 7.77. The van der Waals surface area contributed by atoms with E-state index in [0.29, 0.717) is 26.1 Å². The quantitative estimate of drug-likeness (QED) is 0.728. The lowest BCUT2D eigenvalue weighted by molar-refractivity contribution is -0.0749. The highest BCUT2D eigenvalue weighted by molar-refractivity contribution is 7.92. The molecular formula is C15H20ClNO7S. The standard InChI is InChI=1S/C15H20ClNO7S/c1-22-11-4-3-10(16)12(14(18)19)13(11)17-25(20,21)9-15(23-2)5-7-24-8-6-15/h3-4,17H,5-9H2,1-2H3,(H,18,19). The van der Waals surface area contributed by atoms with Crippen LogP contribution in [0.4, 0.5) is 5.69 Å². The van der Waals surface area contributed by atoms with E-state index in [0.717, 1.165) is 0 Å². The summed E-state index contributed by atoms with van der Waals surface area (Å²) >= 11 is 5.92. The molecule has 1 aliphatic heterocycles. The highest BCUT2D eigenvalue weighted by atomic mass is 35.5. The zero-order chi connectivity index (χ0) is 18.7. The molecule has 1 saturated heterocycles. The lowest BCUT2D eigenvalue weighted by Gasteiger charge is -2.35. The zero-order valence-electron chi connectivity index (χ0n) is 13.9. The first kappa shape index (κ1) is 19.8. The molecule has 2 N–H and O–H groups in total. The van der Waals surface area contributed by atoms with E-state index in [1.54, 1.807) is 0 Å². The monoisotopic (exact) mass is 393 g/mol. The van der Waals surface area contributed by atoms with Gasteiger partial charge in [-0.25, -0.2) is 13.2 Å². The fourth-order valence-electron chi connectivity index (χ4n) is 2.73. The van der Waals surface area contributed by atoms with E-state index >= 15 is 0 Å². The molecule has 0 unspecified atom stereocenters. The van der Waals surface area contributed by atoms with Gasteiger partial charge in [0.2, 0.25) is 10.0 Å². The van der Waals surface area contributed by atoms with Gasteiger partial charge in [0.1, 0.15) is 17.0 Å². The SMILES string of the molecule is COc1ccc(Cl)c(C(=O)O)c1NS(=O)(=O)CC1(OC)CCOCC1. The molecule has 0 aromatic heterocycles. The van der Waals surface area contributed by atoms with Gasteiger partial charge in [0.25, 0.3) is 0 Å². The van der Waals surface area contributed by atoms with Gasteiger partial charge in [-0.15, -0.1) is 0 Å². The fraction of sp³-hybridized carbons (Fsp3) is 0.533. The highest BCUT2D eigenvalue weighted by Gasteiger charge is 2.38. The van der Waals surface area contributed by atoms with Crippen LogP contribution < -0.4 is 9.46 Å². The van der Waals surface area contributed by atoms with Crippen LogP contribution in [0.15, 0.2) is 12.1 Å². The lowest BCUT2D eigenvalue weighted by atomic mass is 9.97. The Balaban J connectivity index is 2.37. The summed E-state index contributed by atoms with van der Waals surface area (Å²) in [6.07, 6.45) is 0.839. The first-order valence-corrected chi connectivity index (χ1v) is 9.50. The molecule has 1 fully saturated rings. The number of aromatic carboxylic acids is 1. The first-order chi connectivity index (χ1) is 11.7. The van der Waals surface area contributed by atoms with Crippen molar-refractivity contribution in [2.45, 2.75) is 18.4 Å². The number of nitrogens with one attached hydrogen (secondary N) is 1. The van der Waals surface area contributed by atoms with Crippen molar-refractivity contribution in [3.8, 4) is 5.75 Å². The van der Waals surface area contributed by atoms with E-state index in [1.165, 1.54) is 26.4 Å². The van der Waals surface area contributed by atoms with Crippen molar-refractivity contribution < 1.29 is 32.5 Å². The van der Waals surface area contributed by atoms with E-state index in [4.69, 9.17) is 25.8 Å². The molecule has 8 nitrogen and oxygen atoms in total. The molecule has 0 saturated carbocycles. The van der Waals surface area contributed by atoms with Crippen molar-refractivity contribution in [2.75, 3.05) is 37.9 Å². The molecule has 0 atom stereocenters. The minimum absolute atomic E-state index is 0.0591. The third-order valence-electron chi connectivity index (χ3n) is 4.10. The van der Waals surface area contributed by atoms with Crippen LogP contribution >= 0.6 is 11.6 Å². The topological polar surface area (TPSA) is 111 Å². The number of carboxylic acids is 1. The number of halogens is 1. The maximum atomic E-state index is 12.7. The van der Waals surface area contributed by atoms with Crippen LogP contribution in [0, 0.1) is 0 Å². The first-order valence-electron chi connectivity index (χ1n) is 7.47. The minimum Gasteiger partial charge on any atom is -0.495 e. The van der Waals surface area contributed by atoms with Crippen molar-refractivity contribution in [1.82, 2.24) is 0 Å². The molecule has 0 spiro atoms. The molecule has 0 radical (unpaired) electrons. The molecule has 25 heavy (non-hydrogen) atoms. The van der Waals surface area contributed by atoms with Crippen LogP contribution in [0.1, 0.15) is 23.2 Å². The Hall–Kier alpha value is -1.55. The Morgan fingerprint density at radius 2 is 2.00 bits per heavy atom. The number of anilines is 1. The van der Waals surface area contributed by atoms with Crippen LogP contribution in [0.5, 0.6) is 5.75 Å². The third-order valence-corrected chi connectivity index (χ3v) is 5.83. The lowest BCUT2D eigenvalue weighted by Crippen LogP contribution is -2.45.